The van der Waals surface area contributed by atoms with Gasteiger partial charge in [-0.15, -0.1) is 0 Å². The lowest BCUT2D eigenvalue weighted by atomic mass is 10.1. The average molecular weight is 244 g/mol. The molecule has 0 aromatic rings. The molecule has 0 saturated carbocycles. The van der Waals surface area contributed by atoms with Crippen molar-refractivity contribution in [2.45, 2.75) is 97.4 Å². The van der Waals surface area contributed by atoms with Crippen LogP contribution in [0.5, 0.6) is 0 Å². The Bertz CT molecular complexity index is 157. The first-order valence-corrected chi connectivity index (χ1v) is 7.39. The van der Waals surface area contributed by atoms with Gasteiger partial charge in [-0.05, 0) is 33.6 Å². The fraction of sp³-hybridized carbons (Fsp3) is 1.00. The highest BCUT2D eigenvalue weighted by Gasteiger charge is 2.10. The van der Waals surface area contributed by atoms with Crippen LogP contribution in [0.4, 0.5) is 0 Å². The van der Waals surface area contributed by atoms with E-state index in [1.54, 1.807) is 0 Å². The Morgan fingerprint density at radius 1 is 0.882 bits per heavy atom. The van der Waals surface area contributed by atoms with E-state index in [1.807, 2.05) is 13.8 Å². The van der Waals surface area contributed by atoms with E-state index in [1.165, 1.54) is 38.5 Å². The summed E-state index contributed by atoms with van der Waals surface area (Å²) in [6.07, 6.45) is 10.2. The number of ether oxygens (including phenoxy) is 1. The Hall–Kier alpha value is -0.0800. The van der Waals surface area contributed by atoms with Crippen molar-refractivity contribution in [2.24, 2.45) is 0 Å². The molecule has 0 aromatic heterocycles. The van der Waals surface area contributed by atoms with E-state index in [9.17, 15) is 5.11 Å². The molecule has 17 heavy (non-hydrogen) atoms. The number of aliphatic hydroxyl groups excluding tert-OH is 1. The molecule has 0 spiro atoms. The summed E-state index contributed by atoms with van der Waals surface area (Å²) in [7, 11) is 0. The summed E-state index contributed by atoms with van der Waals surface area (Å²) in [6, 6.07) is 0. The molecule has 0 rings (SSSR count). The van der Waals surface area contributed by atoms with Gasteiger partial charge in [0.15, 0.2) is 0 Å². The summed E-state index contributed by atoms with van der Waals surface area (Å²) in [5.74, 6) is 0. The highest BCUT2D eigenvalue weighted by atomic mass is 16.5. The number of aliphatic hydroxyl groups is 1. The third-order valence-corrected chi connectivity index (χ3v) is 3.10. The van der Waals surface area contributed by atoms with Crippen molar-refractivity contribution in [3.05, 3.63) is 0 Å². The van der Waals surface area contributed by atoms with E-state index in [0.717, 1.165) is 12.8 Å². The van der Waals surface area contributed by atoms with Crippen LogP contribution in [-0.2, 0) is 4.74 Å². The van der Waals surface area contributed by atoms with Gasteiger partial charge in [-0.2, -0.15) is 0 Å². The maximum atomic E-state index is 9.25. The molecule has 1 N–H and O–H groups in total. The molecule has 0 unspecified atom stereocenters. The predicted molar refractivity (Wildman–Crippen MR) is 74.3 cm³/mol. The Labute approximate surface area is 108 Å². The zero-order chi connectivity index (χ0) is 13.1. The molecule has 0 aromatic carbocycles. The lowest BCUT2D eigenvalue weighted by Gasteiger charge is -2.20. The molecular weight excluding hydrogens is 212 g/mol. The lowest BCUT2D eigenvalue weighted by Crippen LogP contribution is -2.21. The van der Waals surface area contributed by atoms with Crippen LogP contribution in [0.3, 0.4) is 0 Å². The number of rotatable bonds is 11. The average Bonchev–Trinajstić information content (AvgIpc) is 2.21. The second-order valence-corrected chi connectivity index (χ2v) is 5.40. The van der Waals surface area contributed by atoms with Crippen LogP contribution >= 0.6 is 0 Å². The Kier molecular flexibility index (Phi) is 11.0. The highest BCUT2D eigenvalue weighted by Crippen LogP contribution is 2.13. The van der Waals surface area contributed by atoms with Crippen molar-refractivity contribution in [1.29, 1.82) is 0 Å². The predicted octanol–water partition coefficient (Wildman–Crippen LogP) is 4.30. The molecule has 0 aliphatic rings. The monoisotopic (exact) mass is 244 g/mol. The molecule has 0 aliphatic heterocycles. The van der Waals surface area contributed by atoms with Crippen LogP contribution < -0.4 is 0 Å². The van der Waals surface area contributed by atoms with Gasteiger partial charge in [0.25, 0.3) is 0 Å². The minimum atomic E-state index is -0.258. The van der Waals surface area contributed by atoms with Crippen LogP contribution in [0.15, 0.2) is 0 Å². The Morgan fingerprint density at radius 3 is 2.06 bits per heavy atom. The minimum Gasteiger partial charge on any atom is -0.393 e. The molecule has 3 atom stereocenters. The van der Waals surface area contributed by atoms with Crippen LogP contribution in [-0.4, -0.2) is 23.4 Å². The maximum absolute atomic E-state index is 9.25. The molecule has 0 saturated heterocycles. The zero-order valence-electron chi connectivity index (χ0n) is 12.2. The molecule has 2 heteroatoms. The first kappa shape index (κ1) is 16.9. The minimum absolute atomic E-state index is 0.171. The number of hydrogen-bond donors (Lipinski definition) is 1. The maximum Gasteiger partial charge on any atom is 0.0575 e. The molecule has 104 valence electrons. The van der Waals surface area contributed by atoms with Crippen LogP contribution in [0.1, 0.15) is 79.1 Å². The Balaban J connectivity index is 3.36. The third-order valence-electron chi connectivity index (χ3n) is 3.10. The summed E-state index contributed by atoms with van der Waals surface area (Å²) in [4.78, 5) is 0. The first-order chi connectivity index (χ1) is 8.06. The SMILES string of the molecule is CCCCCCCC[C@H](C)O[C@H](C)C[C@@H](C)O. The summed E-state index contributed by atoms with van der Waals surface area (Å²) < 4.78 is 5.83. The molecule has 0 aliphatic carbocycles. The molecule has 0 amide bonds. The lowest BCUT2D eigenvalue weighted by molar-refractivity contribution is -0.0195. The normalized spacial score (nSPS) is 16.8. The van der Waals surface area contributed by atoms with Crippen molar-refractivity contribution in [2.75, 3.05) is 0 Å². The summed E-state index contributed by atoms with van der Waals surface area (Å²) in [5, 5.41) is 9.25. The van der Waals surface area contributed by atoms with Gasteiger partial charge in [0.1, 0.15) is 0 Å². The van der Waals surface area contributed by atoms with E-state index in [-0.39, 0.29) is 12.2 Å². The van der Waals surface area contributed by atoms with E-state index >= 15 is 0 Å². The number of hydrogen-bond acceptors (Lipinski definition) is 2. The second-order valence-electron chi connectivity index (χ2n) is 5.40. The summed E-state index contributed by atoms with van der Waals surface area (Å²) in [6.45, 7) is 8.26. The van der Waals surface area contributed by atoms with Gasteiger partial charge in [-0.3, -0.25) is 0 Å². The fourth-order valence-electron chi connectivity index (χ4n) is 2.21. The topological polar surface area (TPSA) is 29.5 Å². The van der Waals surface area contributed by atoms with Crippen molar-refractivity contribution >= 4 is 0 Å². The van der Waals surface area contributed by atoms with Gasteiger partial charge in [0.05, 0.1) is 18.3 Å². The summed E-state index contributed by atoms with van der Waals surface area (Å²) >= 11 is 0. The van der Waals surface area contributed by atoms with Crippen molar-refractivity contribution in [3.8, 4) is 0 Å². The largest absolute Gasteiger partial charge is 0.393 e. The van der Waals surface area contributed by atoms with Gasteiger partial charge < -0.3 is 9.84 Å². The Morgan fingerprint density at radius 2 is 1.47 bits per heavy atom. The van der Waals surface area contributed by atoms with Gasteiger partial charge in [0, 0.05) is 0 Å². The second kappa shape index (κ2) is 11.0. The smallest absolute Gasteiger partial charge is 0.0575 e. The highest BCUT2D eigenvalue weighted by molar-refractivity contribution is 4.59. The molecule has 0 heterocycles. The molecule has 0 radical (unpaired) electrons. The van der Waals surface area contributed by atoms with Crippen molar-refractivity contribution in [3.63, 3.8) is 0 Å². The van der Waals surface area contributed by atoms with Gasteiger partial charge >= 0.3 is 0 Å². The van der Waals surface area contributed by atoms with Gasteiger partial charge in [-0.25, -0.2) is 0 Å². The van der Waals surface area contributed by atoms with Gasteiger partial charge in [-0.1, -0.05) is 45.4 Å². The standard InChI is InChI=1S/C15H32O2/c1-5-6-7-8-9-10-11-14(3)17-15(4)12-13(2)16/h13-16H,5-12H2,1-4H3/t13-,14+,15-/m1/s1. The molecule has 2 nitrogen and oxygen atoms in total. The quantitative estimate of drug-likeness (QED) is 0.549. The third kappa shape index (κ3) is 12.2. The van der Waals surface area contributed by atoms with Crippen LogP contribution in [0.2, 0.25) is 0 Å². The molecule has 0 bridgehead atoms. The van der Waals surface area contributed by atoms with E-state index < -0.39 is 0 Å². The number of unbranched alkanes of at least 4 members (excludes halogenated alkanes) is 5. The fourth-order valence-corrected chi connectivity index (χ4v) is 2.21. The van der Waals surface area contributed by atoms with Crippen molar-refractivity contribution < 1.29 is 9.84 Å². The van der Waals surface area contributed by atoms with Crippen LogP contribution in [0.25, 0.3) is 0 Å². The summed E-state index contributed by atoms with van der Waals surface area (Å²) in [5.41, 5.74) is 0. The van der Waals surface area contributed by atoms with E-state index in [4.69, 9.17) is 4.74 Å². The van der Waals surface area contributed by atoms with E-state index in [2.05, 4.69) is 13.8 Å². The van der Waals surface area contributed by atoms with Crippen molar-refractivity contribution in [1.82, 2.24) is 0 Å². The van der Waals surface area contributed by atoms with Gasteiger partial charge in [0.2, 0.25) is 0 Å². The zero-order valence-corrected chi connectivity index (χ0v) is 12.2. The van der Waals surface area contributed by atoms with E-state index in [0.29, 0.717) is 6.10 Å². The van der Waals surface area contributed by atoms with Crippen LogP contribution in [0, 0.1) is 0 Å². The first-order valence-electron chi connectivity index (χ1n) is 7.39. The molecule has 0 fully saturated rings. The molecular formula is C15H32O2.